The Hall–Kier alpha value is -0.850. The van der Waals surface area contributed by atoms with Gasteiger partial charge in [-0.25, -0.2) is 13.1 Å². The molecule has 0 radical (unpaired) electrons. The van der Waals surface area contributed by atoms with E-state index < -0.39 is 15.3 Å². The van der Waals surface area contributed by atoms with E-state index in [1.807, 2.05) is 6.07 Å². The van der Waals surface area contributed by atoms with Crippen LogP contribution in [0.1, 0.15) is 19.1 Å². The molecule has 96 valence electrons. The molecular formula is C11H17NO4S. The second-order valence-electron chi connectivity index (χ2n) is 4.17. The van der Waals surface area contributed by atoms with E-state index >= 15 is 0 Å². The highest BCUT2D eigenvalue weighted by molar-refractivity contribution is 7.90. The lowest BCUT2D eigenvalue weighted by Gasteiger charge is -2.15. The summed E-state index contributed by atoms with van der Waals surface area (Å²) in [5, 5.41) is -0.431. The summed E-state index contributed by atoms with van der Waals surface area (Å²) >= 11 is 0. The summed E-state index contributed by atoms with van der Waals surface area (Å²) in [5.74, 6) is 0.781. The quantitative estimate of drug-likeness (QED) is 0.853. The smallest absolute Gasteiger partial charge is 0.217 e. The Balaban J connectivity index is 1.85. The molecule has 0 unspecified atom stereocenters. The molecule has 2 atom stereocenters. The zero-order valence-electron chi connectivity index (χ0n) is 9.76. The van der Waals surface area contributed by atoms with Gasteiger partial charge in [0.25, 0.3) is 0 Å². The summed E-state index contributed by atoms with van der Waals surface area (Å²) in [5.41, 5.74) is 0. The summed E-state index contributed by atoms with van der Waals surface area (Å²) in [7, 11) is -3.28. The Morgan fingerprint density at radius 1 is 1.53 bits per heavy atom. The number of hydrogen-bond acceptors (Lipinski definition) is 4. The molecule has 0 aromatic carbocycles. The van der Waals surface area contributed by atoms with Crippen molar-refractivity contribution in [2.75, 3.05) is 13.2 Å². The zero-order valence-corrected chi connectivity index (χ0v) is 10.6. The minimum Gasteiger partial charge on any atom is -0.469 e. The summed E-state index contributed by atoms with van der Waals surface area (Å²) in [6, 6.07) is 3.62. The van der Waals surface area contributed by atoms with Crippen molar-refractivity contribution in [1.82, 2.24) is 4.72 Å². The highest BCUT2D eigenvalue weighted by Gasteiger charge is 2.35. The lowest BCUT2D eigenvalue weighted by atomic mass is 10.3. The Morgan fingerprint density at radius 2 is 2.35 bits per heavy atom. The second-order valence-corrected chi connectivity index (χ2v) is 6.16. The van der Waals surface area contributed by atoms with E-state index in [9.17, 15) is 8.42 Å². The van der Waals surface area contributed by atoms with E-state index in [-0.39, 0.29) is 6.10 Å². The first-order chi connectivity index (χ1) is 8.09. The molecule has 2 heterocycles. The van der Waals surface area contributed by atoms with Gasteiger partial charge in [0.05, 0.1) is 12.4 Å². The van der Waals surface area contributed by atoms with Crippen molar-refractivity contribution in [1.29, 1.82) is 0 Å². The minimum atomic E-state index is -3.28. The lowest BCUT2D eigenvalue weighted by molar-refractivity contribution is 0.126. The second kappa shape index (κ2) is 5.20. The van der Waals surface area contributed by atoms with Crippen LogP contribution in [0.15, 0.2) is 22.8 Å². The van der Waals surface area contributed by atoms with Crippen molar-refractivity contribution in [3.8, 4) is 0 Å². The molecule has 0 amide bonds. The van der Waals surface area contributed by atoms with Gasteiger partial charge in [-0.2, -0.15) is 0 Å². The van der Waals surface area contributed by atoms with Crippen molar-refractivity contribution >= 4 is 10.0 Å². The predicted octanol–water partition coefficient (Wildman–Crippen LogP) is 0.919. The van der Waals surface area contributed by atoms with Crippen molar-refractivity contribution < 1.29 is 17.6 Å². The normalized spacial score (nSPS) is 25.2. The first-order valence-corrected chi connectivity index (χ1v) is 7.27. The van der Waals surface area contributed by atoms with Gasteiger partial charge in [-0.3, -0.25) is 0 Å². The Bertz CT molecular complexity index is 440. The third-order valence-corrected chi connectivity index (χ3v) is 4.98. The van der Waals surface area contributed by atoms with E-state index in [1.165, 1.54) is 0 Å². The maximum atomic E-state index is 11.9. The van der Waals surface area contributed by atoms with E-state index in [0.717, 1.165) is 5.76 Å². The molecule has 1 aromatic rings. The Kier molecular flexibility index (Phi) is 3.86. The fraction of sp³-hybridized carbons (Fsp3) is 0.636. The number of hydrogen-bond donors (Lipinski definition) is 1. The van der Waals surface area contributed by atoms with Crippen LogP contribution in [0.5, 0.6) is 0 Å². The molecule has 1 aromatic heterocycles. The summed E-state index contributed by atoms with van der Waals surface area (Å²) in [4.78, 5) is 0. The van der Waals surface area contributed by atoms with Crippen LogP contribution >= 0.6 is 0 Å². The molecule has 17 heavy (non-hydrogen) atoms. The Morgan fingerprint density at radius 3 is 2.94 bits per heavy atom. The largest absolute Gasteiger partial charge is 0.469 e. The monoisotopic (exact) mass is 259 g/mol. The van der Waals surface area contributed by atoms with Gasteiger partial charge in [0.1, 0.15) is 11.0 Å². The molecule has 0 bridgehead atoms. The molecular weight excluding hydrogens is 242 g/mol. The van der Waals surface area contributed by atoms with Crippen LogP contribution in [0.3, 0.4) is 0 Å². The van der Waals surface area contributed by atoms with Gasteiger partial charge in [-0.1, -0.05) is 0 Å². The zero-order chi connectivity index (χ0) is 12.3. The van der Waals surface area contributed by atoms with Crippen LogP contribution in [0, 0.1) is 0 Å². The van der Waals surface area contributed by atoms with Gasteiger partial charge >= 0.3 is 0 Å². The molecule has 6 heteroatoms. The van der Waals surface area contributed by atoms with E-state index in [0.29, 0.717) is 26.0 Å². The average molecular weight is 259 g/mol. The molecule has 0 spiro atoms. The van der Waals surface area contributed by atoms with Gasteiger partial charge in [0, 0.05) is 19.6 Å². The number of nitrogens with one attached hydrogen (secondary N) is 1. The van der Waals surface area contributed by atoms with Crippen LogP contribution < -0.4 is 4.72 Å². The van der Waals surface area contributed by atoms with Crippen LogP contribution in [0.2, 0.25) is 0 Å². The summed E-state index contributed by atoms with van der Waals surface area (Å²) in [6.45, 7) is 2.67. The fourth-order valence-electron chi connectivity index (χ4n) is 2.00. The standard InChI is InChI=1S/C11H17NO4S/c1-9-11(5-8-15-9)17(13,14)12-6-4-10-3-2-7-16-10/h2-3,7,9,11-12H,4-6,8H2,1H3/t9-,11-/m0/s1. The van der Waals surface area contributed by atoms with Crippen LogP contribution in [-0.2, 0) is 21.2 Å². The van der Waals surface area contributed by atoms with E-state index in [1.54, 1.807) is 19.3 Å². The van der Waals surface area contributed by atoms with Crippen LogP contribution in [0.25, 0.3) is 0 Å². The summed E-state index contributed by atoms with van der Waals surface area (Å²) < 4.78 is 36.9. The molecule has 1 saturated heterocycles. The van der Waals surface area contributed by atoms with Gasteiger partial charge in [0.15, 0.2) is 0 Å². The number of sulfonamides is 1. The molecule has 1 fully saturated rings. The lowest BCUT2D eigenvalue weighted by Crippen LogP contribution is -2.39. The van der Waals surface area contributed by atoms with Crippen LogP contribution in [-0.4, -0.2) is 32.9 Å². The number of furan rings is 1. The van der Waals surface area contributed by atoms with Crippen molar-refractivity contribution in [3.63, 3.8) is 0 Å². The first kappa shape index (κ1) is 12.6. The number of ether oxygens (including phenoxy) is 1. The van der Waals surface area contributed by atoms with Gasteiger partial charge < -0.3 is 9.15 Å². The molecule has 5 nitrogen and oxygen atoms in total. The Labute approximate surface area is 101 Å². The summed E-state index contributed by atoms with van der Waals surface area (Å²) in [6.07, 6.45) is 2.48. The number of rotatable bonds is 5. The van der Waals surface area contributed by atoms with Gasteiger partial charge in [0.2, 0.25) is 10.0 Å². The molecule has 1 aliphatic heterocycles. The van der Waals surface area contributed by atoms with Crippen molar-refractivity contribution in [3.05, 3.63) is 24.2 Å². The molecule has 1 aliphatic rings. The third-order valence-electron chi connectivity index (χ3n) is 2.96. The van der Waals surface area contributed by atoms with E-state index in [4.69, 9.17) is 9.15 Å². The molecule has 0 aliphatic carbocycles. The molecule has 1 N–H and O–H groups in total. The first-order valence-electron chi connectivity index (χ1n) is 5.72. The van der Waals surface area contributed by atoms with E-state index in [2.05, 4.69) is 4.72 Å². The van der Waals surface area contributed by atoms with Crippen molar-refractivity contribution in [2.24, 2.45) is 0 Å². The van der Waals surface area contributed by atoms with Gasteiger partial charge in [-0.15, -0.1) is 0 Å². The predicted molar refractivity (Wildman–Crippen MR) is 63.2 cm³/mol. The highest BCUT2D eigenvalue weighted by Crippen LogP contribution is 2.19. The van der Waals surface area contributed by atoms with Gasteiger partial charge in [-0.05, 0) is 25.5 Å². The maximum Gasteiger partial charge on any atom is 0.217 e. The third kappa shape index (κ3) is 3.08. The fourth-order valence-corrected chi connectivity index (χ4v) is 3.59. The van der Waals surface area contributed by atoms with Crippen LogP contribution in [0.4, 0.5) is 0 Å². The maximum absolute atomic E-state index is 11.9. The molecule has 2 rings (SSSR count). The topological polar surface area (TPSA) is 68.5 Å². The minimum absolute atomic E-state index is 0.226. The molecule has 0 saturated carbocycles. The van der Waals surface area contributed by atoms with Crippen molar-refractivity contribution in [2.45, 2.75) is 31.1 Å². The highest BCUT2D eigenvalue weighted by atomic mass is 32.2. The average Bonchev–Trinajstić information content (AvgIpc) is 2.88. The SMILES string of the molecule is C[C@@H]1OCC[C@@H]1S(=O)(=O)NCCc1ccco1.